The van der Waals surface area contributed by atoms with Crippen LogP contribution in [0.5, 0.6) is 5.75 Å². The first-order chi connectivity index (χ1) is 9.99. The van der Waals surface area contributed by atoms with Crippen molar-refractivity contribution < 1.29 is 9.84 Å². The van der Waals surface area contributed by atoms with Crippen molar-refractivity contribution in [2.75, 3.05) is 6.61 Å². The van der Waals surface area contributed by atoms with Crippen LogP contribution in [0.4, 0.5) is 0 Å². The largest absolute Gasteiger partial charge is 0.488 e. The molecular formula is C18H20O2S. The van der Waals surface area contributed by atoms with Gasteiger partial charge in [0.1, 0.15) is 19.0 Å². The Morgan fingerprint density at radius 3 is 2.52 bits per heavy atom. The molecule has 2 nitrogen and oxygen atoms in total. The van der Waals surface area contributed by atoms with Gasteiger partial charge in [0.25, 0.3) is 0 Å². The molecule has 1 aromatic carbocycles. The summed E-state index contributed by atoms with van der Waals surface area (Å²) in [6, 6.07) is 10.3. The lowest BCUT2D eigenvalue weighted by atomic mass is 9.87. The van der Waals surface area contributed by atoms with Gasteiger partial charge in [-0.05, 0) is 29.2 Å². The average molecular weight is 300 g/mol. The Kier molecular flexibility index (Phi) is 5.06. The fraction of sp³-hybridized carbons (Fsp3) is 0.333. The molecule has 0 amide bonds. The second kappa shape index (κ2) is 6.80. The van der Waals surface area contributed by atoms with Crippen LogP contribution >= 0.6 is 11.3 Å². The maximum absolute atomic E-state index is 8.67. The smallest absolute Gasteiger partial charge is 0.122 e. The maximum Gasteiger partial charge on any atom is 0.122 e. The summed E-state index contributed by atoms with van der Waals surface area (Å²) in [7, 11) is 0. The van der Waals surface area contributed by atoms with Crippen molar-refractivity contribution in [3.05, 3.63) is 51.7 Å². The molecule has 0 atom stereocenters. The van der Waals surface area contributed by atoms with E-state index in [4.69, 9.17) is 9.84 Å². The Hall–Kier alpha value is -1.76. The van der Waals surface area contributed by atoms with Gasteiger partial charge < -0.3 is 9.84 Å². The van der Waals surface area contributed by atoms with E-state index in [0.717, 1.165) is 16.2 Å². The number of hydrogen-bond acceptors (Lipinski definition) is 3. The monoisotopic (exact) mass is 300 g/mol. The summed E-state index contributed by atoms with van der Waals surface area (Å²) in [4.78, 5) is 1.12. The second-order valence-corrected chi connectivity index (χ2v) is 6.82. The molecule has 0 fully saturated rings. The highest BCUT2D eigenvalue weighted by Crippen LogP contribution is 2.25. The zero-order valence-electron chi connectivity index (χ0n) is 12.6. The van der Waals surface area contributed by atoms with Crippen molar-refractivity contribution in [2.45, 2.75) is 32.8 Å². The van der Waals surface area contributed by atoms with Crippen molar-refractivity contribution >= 4 is 11.3 Å². The zero-order valence-corrected chi connectivity index (χ0v) is 13.5. The highest BCUT2D eigenvalue weighted by Gasteiger charge is 2.12. The summed E-state index contributed by atoms with van der Waals surface area (Å²) in [5, 5.41) is 10.6. The molecular weight excluding hydrogens is 280 g/mol. The van der Waals surface area contributed by atoms with E-state index in [-0.39, 0.29) is 12.0 Å². The Morgan fingerprint density at radius 2 is 1.90 bits per heavy atom. The molecule has 0 bridgehead atoms. The summed E-state index contributed by atoms with van der Waals surface area (Å²) in [5.41, 5.74) is 2.38. The lowest BCUT2D eigenvalue weighted by molar-refractivity contribution is 0.309. The van der Waals surface area contributed by atoms with Crippen LogP contribution in [-0.4, -0.2) is 11.7 Å². The predicted molar refractivity (Wildman–Crippen MR) is 87.8 cm³/mol. The SMILES string of the molecule is CC(C)(C)c1ccc(OCc2cc(C#CCO)cs2)cc1. The molecule has 0 aliphatic rings. The molecule has 0 unspecified atom stereocenters. The van der Waals surface area contributed by atoms with Gasteiger partial charge in [-0.2, -0.15) is 0 Å². The molecule has 0 aliphatic carbocycles. The summed E-state index contributed by atoms with van der Waals surface area (Å²) in [6.07, 6.45) is 0. The third-order valence-corrected chi connectivity index (χ3v) is 3.98. The fourth-order valence-corrected chi connectivity index (χ4v) is 2.60. The van der Waals surface area contributed by atoms with Gasteiger partial charge in [-0.25, -0.2) is 0 Å². The number of benzene rings is 1. The molecule has 0 spiro atoms. The fourth-order valence-electron chi connectivity index (χ4n) is 1.87. The minimum atomic E-state index is -0.109. The Labute approximate surface area is 130 Å². The maximum atomic E-state index is 8.67. The van der Waals surface area contributed by atoms with Gasteiger partial charge in [-0.15, -0.1) is 11.3 Å². The van der Waals surface area contributed by atoms with Crippen LogP contribution in [0.2, 0.25) is 0 Å². The Bertz CT molecular complexity index is 636. The first kappa shape index (κ1) is 15.6. The highest BCUT2D eigenvalue weighted by molar-refractivity contribution is 7.10. The quantitative estimate of drug-likeness (QED) is 0.869. The van der Waals surface area contributed by atoms with E-state index in [1.54, 1.807) is 11.3 Å². The summed E-state index contributed by atoms with van der Waals surface area (Å²) < 4.78 is 5.79. The second-order valence-electron chi connectivity index (χ2n) is 5.82. The molecule has 1 aromatic heterocycles. The van der Waals surface area contributed by atoms with E-state index in [1.807, 2.05) is 23.6 Å². The molecule has 0 radical (unpaired) electrons. The normalized spacial score (nSPS) is 10.9. The van der Waals surface area contributed by atoms with E-state index in [0.29, 0.717) is 6.61 Å². The number of rotatable bonds is 3. The summed E-state index contributed by atoms with van der Waals surface area (Å²) >= 11 is 1.62. The van der Waals surface area contributed by atoms with Gasteiger partial charge in [0.2, 0.25) is 0 Å². The molecule has 2 rings (SSSR count). The molecule has 110 valence electrons. The minimum absolute atomic E-state index is 0.109. The van der Waals surface area contributed by atoms with Crippen molar-refractivity contribution in [2.24, 2.45) is 0 Å². The van der Waals surface area contributed by atoms with E-state index >= 15 is 0 Å². The van der Waals surface area contributed by atoms with Gasteiger partial charge in [0.15, 0.2) is 0 Å². The minimum Gasteiger partial charge on any atom is -0.488 e. The van der Waals surface area contributed by atoms with E-state index < -0.39 is 0 Å². The molecule has 0 saturated heterocycles. The van der Waals surface area contributed by atoms with E-state index in [1.165, 1.54) is 5.56 Å². The lowest BCUT2D eigenvalue weighted by Crippen LogP contribution is -2.10. The molecule has 0 aliphatic heterocycles. The number of hydrogen-bond donors (Lipinski definition) is 1. The number of ether oxygens (including phenoxy) is 1. The van der Waals surface area contributed by atoms with Crippen LogP contribution in [0, 0.1) is 11.8 Å². The summed E-state index contributed by atoms with van der Waals surface area (Å²) in [5.74, 6) is 6.41. The van der Waals surface area contributed by atoms with Crippen molar-refractivity contribution in [3.8, 4) is 17.6 Å². The van der Waals surface area contributed by atoms with Crippen LogP contribution in [-0.2, 0) is 12.0 Å². The van der Waals surface area contributed by atoms with E-state index in [9.17, 15) is 0 Å². The van der Waals surface area contributed by atoms with Gasteiger partial charge in [-0.3, -0.25) is 0 Å². The summed E-state index contributed by atoms with van der Waals surface area (Å²) in [6.45, 7) is 7.03. The molecule has 3 heteroatoms. The zero-order chi connectivity index (χ0) is 15.3. The van der Waals surface area contributed by atoms with Crippen LogP contribution in [0.3, 0.4) is 0 Å². The van der Waals surface area contributed by atoms with Gasteiger partial charge in [-0.1, -0.05) is 44.7 Å². The van der Waals surface area contributed by atoms with Crippen LogP contribution in [0.1, 0.15) is 36.8 Å². The van der Waals surface area contributed by atoms with E-state index in [2.05, 4.69) is 44.7 Å². The number of thiophene rings is 1. The topological polar surface area (TPSA) is 29.5 Å². The highest BCUT2D eigenvalue weighted by atomic mass is 32.1. The third kappa shape index (κ3) is 4.63. The standard InChI is InChI=1S/C18H20O2S/c1-18(2,3)15-6-8-16(9-7-15)20-12-17-11-14(13-21-17)5-4-10-19/h6-9,11,13,19H,10,12H2,1-3H3. The van der Waals surface area contributed by atoms with Gasteiger partial charge >= 0.3 is 0 Å². The Balaban J connectivity index is 1.95. The third-order valence-electron chi connectivity index (χ3n) is 3.07. The first-order valence-electron chi connectivity index (χ1n) is 6.89. The van der Waals surface area contributed by atoms with Crippen molar-refractivity contribution in [1.29, 1.82) is 0 Å². The molecule has 21 heavy (non-hydrogen) atoms. The van der Waals surface area contributed by atoms with Crippen LogP contribution < -0.4 is 4.74 Å². The van der Waals surface area contributed by atoms with Crippen molar-refractivity contribution in [1.82, 2.24) is 0 Å². The number of aliphatic hydroxyl groups excluding tert-OH is 1. The molecule has 2 aromatic rings. The van der Waals surface area contributed by atoms with Gasteiger partial charge in [0.05, 0.1) is 0 Å². The number of aliphatic hydroxyl groups is 1. The average Bonchev–Trinajstić information content (AvgIpc) is 2.90. The van der Waals surface area contributed by atoms with Gasteiger partial charge in [0, 0.05) is 15.8 Å². The molecule has 1 N–H and O–H groups in total. The van der Waals surface area contributed by atoms with Crippen LogP contribution in [0.15, 0.2) is 35.7 Å². The molecule has 1 heterocycles. The Morgan fingerprint density at radius 1 is 1.19 bits per heavy atom. The van der Waals surface area contributed by atoms with Crippen LogP contribution in [0.25, 0.3) is 0 Å². The predicted octanol–water partition coefficient (Wildman–Crippen LogP) is 3.97. The molecule has 0 saturated carbocycles. The first-order valence-corrected chi connectivity index (χ1v) is 7.77. The van der Waals surface area contributed by atoms with Crippen molar-refractivity contribution in [3.63, 3.8) is 0 Å². The lowest BCUT2D eigenvalue weighted by Gasteiger charge is -2.19.